The molecule has 2 rings (SSSR count). The summed E-state index contributed by atoms with van der Waals surface area (Å²) in [7, 11) is 0. The van der Waals surface area contributed by atoms with Crippen LogP contribution in [-0.2, 0) is 16.0 Å². The van der Waals surface area contributed by atoms with Crippen LogP contribution in [0.25, 0.3) is 0 Å². The molecule has 5 nitrogen and oxygen atoms in total. The van der Waals surface area contributed by atoms with Gasteiger partial charge in [-0.2, -0.15) is 0 Å². The fourth-order valence-electron chi connectivity index (χ4n) is 2.20. The number of aliphatic carboxylic acids is 2. The predicted octanol–water partition coefficient (Wildman–Crippen LogP) is 1.92. The minimum absolute atomic E-state index is 0.804. The Labute approximate surface area is 118 Å². The van der Waals surface area contributed by atoms with E-state index in [-0.39, 0.29) is 0 Å². The molecule has 1 fully saturated rings. The van der Waals surface area contributed by atoms with E-state index in [1.807, 2.05) is 0 Å². The second-order valence-electron chi connectivity index (χ2n) is 4.78. The van der Waals surface area contributed by atoms with Crippen LogP contribution in [0, 0.1) is 0 Å². The Hall–Kier alpha value is -1.88. The first-order valence-corrected chi connectivity index (χ1v) is 6.83. The molecule has 110 valence electrons. The van der Waals surface area contributed by atoms with Gasteiger partial charge in [-0.25, -0.2) is 9.59 Å². The number of hydrogen-bond donors (Lipinski definition) is 3. The number of nitrogens with one attached hydrogen (secondary N) is 1. The van der Waals surface area contributed by atoms with Crippen LogP contribution >= 0.6 is 0 Å². The number of carbonyl (C=O) groups is 2. The maximum atomic E-state index is 9.10. The summed E-state index contributed by atoms with van der Waals surface area (Å²) >= 11 is 0. The summed E-state index contributed by atoms with van der Waals surface area (Å²) in [5.41, 5.74) is 1.44. The van der Waals surface area contributed by atoms with Crippen molar-refractivity contribution in [2.24, 2.45) is 0 Å². The molecular formula is C15H21NO4. The van der Waals surface area contributed by atoms with Gasteiger partial charge in [0.2, 0.25) is 0 Å². The average molecular weight is 279 g/mol. The summed E-state index contributed by atoms with van der Waals surface area (Å²) in [5.74, 6) is -3.65. The monoisotopic (exact) mass is 279 g/mol. The molecule has 0 spiro atoms. The SMILES string of the molecule is O=C(O)C(=O)O.c1ccc(CCNC2CCCC2)cc1. The van der Waals surface area contributed by atoms with Gasteiger partial charge in [0.1, 0.15) is 0 Å². The molecule has 20 heavy (non-hydrogen) atoms. The zero-order valence-corrected chi connectivity index (χ0v) is 11.4. The van der Waals surface area contributed by atoms with Crippen LogP contribution in [0.2, 0.25) is 0 Å². The molecule has 1 aromatic carbocycles. The molecule has 3 N–H and O–H groups in total. The highest BCUT2D eigenvalue weighted by Gasteiger charge is 2.13. The molecule has 0 unspecified atom stereocenters. The van der Waals surface area contributed by atoms with E-state index in [1.54, 1.807) is 0 Å². The molecule has 0 radical (unpaired) electrons. The van der Waals surface area contributed by atoms with Crippen LogP contribution in [0.5, 0.6) is 0 Å². The van der Waals surface area contributed by atoms with E-state index < -0.39 is 11.9 Å². The average Bonchev–Trinajstić information content (AvgIpc) is 2.94. The maximum absolute atomic E-state index is 9.10. The topological polar surface area (TPSA) is 86.6 Å². The van der Waals surface area contributed by atoms with Crippen LogP contribution < -0.4 is 5.32 Å². The summed E-state index contributed by atoms with van der Waals surface area (Å²) in [6, 6.07) is 11.5. The quantitative estimate of drug-likeness (QED) is 0.733. The van der Waals surface area contributed by atoms with Crippen LogP contribution in [0.1, 0.15) is 31.2 Å². The van der Waals surface area contributed by atoms with Crippen molar-refractivity contribution in [2.75, 3.05) is 6.54 Å². The van der Waals surface area contributed by atoms with Crippen molar-refractivity contribution < 1.29 is 19.8 Å². The zero-order valence-electron chi connectivity index (χ0n) is 11.4. The third kappa shape index (κ3) is 6.89. The second kappa shape index (κ2) is 9.09. The molecule has 0 aliphatic heterocycles. The van der Waals surface area contributed by atoms with Crippen molar-refractivity contribution in [1.82, 2.24) is 5.32 Å². The third-order valence-electron chi connectivity index (χ3n) is 3.23. The van der Waals surface area contributed by atoms with E-state index in [0.29, 0.717) is 0 Å². The van der Waals surface area contributed by atoms with Gasteiger partial charge in [0.25, 0.3) is 0 Å². The van der Waals surface area contributed by atoms with E-state index in [2.05, 4.69) is 35.6 Å². The Kier molecular flexibility index (Phi) is 7.35. The van der Waals surface area contributed by atoms with Crippen molar-refractivity contribution in [3.05, 3.63) is 35.9 Å². The molecule has 0 saturated heterocycles. The minimum atomic E-state index is -1.82. The van der Waals surface area contributed by atoms with E-state index in [4.69, 9.17) is 19.8 Å². The highest BCUT2D eigenvalue weighted by molar-refractivity contribution is 6.27. The van der Waals surface area contributed by atoms with Gasteiger partial charge in [0.05, 0.1) is 0 Å². The van der Waals surface area contributed by atoms with E-state index >= 15 is 0 Å². The summed E-state index contributed by atoms with van der Waals surface area (Å²) in [4.78, 5) is 18.2. The largest absolute Gasteiger partial charge is 0.473 e. The minimum Gasteiger partial charge on any atom is -0.473 e. The van der Waals surface area contributed by atoms with Crippen LogP contribution in [0.15, 0.2) is 30.3 Å². The lowest BCUT2D eigenvalue weighted by Crippen LogP contribution is -2.27. The Balaban J connectivity index is 0.000000286. The molecule has 0 atom stereocenters. The fourth-order valence-corrected chi connectivity index (χ4v) is 2.20. The first kappa shape index (κ1) is 16.2. The summed E-state index contributed by atoms with van der Waals surface area (Å²) in [6.45, 7) is 1.13. The highest BCUT2D eigenvalue weighted by atomic mass is 16.4. The molecule has 1 aliphatic rings. The fraction of sp³-hybridized carbons (Fsp3) is 0.467. The van der Waals surface area contributed by atoms with Gasteiger partial charge in [-0.15, -0.1) is 0 Å². The molecular weight excluding hydrogens is 258 g/mol. The van der Waals surface area contributed by atoms with Gasteiger partial charge < -0.3 is 15.5 Å². The van der Waals surface area contributed by atoms with Gasteiger partial charge >= 0.3 is 11.9 Å². The number of rotatable bonds is 4. The molecule has 1 aliphatic carbocycles. The van der Waals surface area contributed by atoms with Gasteiger partial charge in [-0.05, 0) is 31.4 Å². The lowest BCUT2D eigenvalue weighted by molar-refractivity contribution is -0.159. The number of hydrogen-bond acceptors (Lipinski definition) is 3. The Bertz CT molecular complexity index is 401. The van der Waals surface area contributed by atoms with Gasteiger partial charge in [0, 0.05) is 6.04 Å². The summed E-state index contributed by atoms with van der Waals surface area (Å²) < 4.78 is 0. The normalized spacial score (nSPS) is 14.4. The predicted molar refractivity (Wildman–Crippen MR) is 75.7 cm³/mol. The molecule has 0 aromatic heterocycles. The first-order chi connectivity index (χ1) is 9.59. The smallest absolute Gasteiger partial charge is 0.414 e. The lowest BCUT2D eigenvalue weighted by Gasteiger charge is -2.11. The molecule has 0 amide bonds. The number of carboxylic acids is 2. The molecule has 1 saturated carbocycles. The van der Waals surface area contributed by atoms with E-state index in [1.165, 1.54) is 31.2 Å². The molecule has 0 bridgehead atoms. The van der Waals surface area contributed by atoms with Crippen molar-refractivity contribution in [1.29, 1.82) is 0 Å². The summed E-state index contributed by atoms with van der Waals surface area (Å²) in [5, 5.41) is 18.4. The van der Waals surface area contributed by atoms with Crippen LogP contribution in [0.4, 0.5) is 0 Å². The lowest BCUT2D eigenvalue weighted by atomic mass is 10.1. The molecule has 0 heterocycles. The summed E-state index contributed by atoms with van der Waals surface area (Å²) in [6.07, 6.45) is 6.77. The maximum Gasteiger partial charge on any atom is 0.414 e. The van der Waals surface area contributed by atoms with Crippen LogP contribution in [0.3, 0.4) is 0 Å². The Morgan fingerprint density at radius 3 is 2.10 bits per heavy atom. The highest BCUT2D eigenvalue weighted by Crippen LogP contribution is 2.17. The van der Waals surface area contributed by atoms with Crippen molar-refractivity contribution in [2.45, 2.75) is 38.1 Å². The standard InChI is InChI=1S/C13H19N.C2H2O4/c1-2-6-12(7-3-1)10-11-14-13-8-4-5-9-13;3-1(4)2(5)6/h1-3,6-7,13-14H,4-5,8-11H2;(H,3,4)(H,5,6). The van der Waals surface area contributed by atoms with Gasteiger partial charge in [-0.3, -0.25) is 0 Å². The van der Waals surface area contributed by atoms with Crippen LogP contribution in [-0.4, -0.2) is 34.7 Å². The van der Waals surface area contributed by atoms with Gasteiger partial charge in [-0.1, -0.05) is 43.2 Å². The van der Waals surface area contributed by atoms with E-state index in [9.17, 15) is 0 Å². The van der Waals surface area contributed by atoms with Crippen molar-refractivity contribution >= 4 is 11.9 Å². The number of carboxylic acid groups (broad SMARTS) is 2. The molecule has 1 aromatic rings. The molecule has 5 heteroatoms. The van der Waals surface area contributed by atoms with Gasteiger partial charge in [0.15, 0.2) is 0 Å². The van der Waals surface area contributed by atoms with E-state index in [0.717, 1.165) is 19.0 Å². The van der Waals surface area contributed by atoms with Crippen molar-refractivity contribution in [3.63, 3.8) is 0 Å². The Morgan fingerprint density at radius 2 is 1.60 bits per heavy atom. The Morgan fingerprint density at radius 1 is 1.05 bits per heavy atom. The second-order valence-corrected chi connectivity index (χ2v) is 4.78. The first-order valence-electron chi connectivity index (χ1n) is 6.83. The number of benzene rings is 1. The van der Waals surface area contributed by atoms with Crippen molar-refractivity contribution in [3.8, 4) is 0 Å². The zero-order chi connectivity index (χ0) is 14.8. The third-order valence-corrected chi connectivity index (χ3v) is 3.23.